The number of halogens is 1. The Balaban J connectivity index is 1.66. The molecule has 0 unspecified atom stereocenters. The van der Waals surface area contributed by atoms with E-state index in [1.54, 1.807) is 13.1 Å². The minimum absolute atomic E-state index is 0.0562. The fourth-order valence-corrected chi connectivity index (χ4v) is 3.63. The predicted molar refractivity (Wildman–Crippen MR) is 103 cm³/mol. The van der Waals surface area contributed by atoms with Crippen LogP contribution in [0.25, 0.3) is 11.3 Å². The fraction of sp³-hybridized carbons (Fsp3) is 0.409. The third-order valence-corrected chi connectivity index (χ3v) is 5.43. The zero-order valence-electron chi connectivity index (χ0n) is 16.5. The number of hydrogen-bond acceptors (Lipinski definition) is 5. The maximum Gasteiger partial charge on any atom is 0.375 e. The minimum Gasteiger partial charge on any atom is -0.449 e. The lowest BCUT2D eigenvalue weighted by Gasteiger charge is -2.39. The number of furan rings is 1. The molecule has 1 aromatic heterocycles. The van der Waals surface area contributed by atoms with Crippen LogP contribution in [-0.4, -0.2) is 35.5 Å². The van der Waals surface area contributed by atoms with Gasteiger partial charge in [0.15, 0.2) is 6.10 Å². The number of benzene rings is 1. The molecule has 1 heterocycles. The van der Waals surface area contributed by atoms with E-state index in [9.17, 15) is 19.2 Å². The summed E-state index contributed by atoms with van der Waals surface area (Å²) in [5, 5.41) is 9.64. The number of nitriles is 1. The van der Waals surface area contributed by atoms with Crippen molar-refractivity contribution in [2.45, 2.75) is 50.7 Å². The van der Waals surface area contributed by atoms with Crippen LogP contribution in [0.15, 0.2) is 40.8 Å². The molecule has 0 bridgehead atoms. The van der Waals surface area contributed by atoms with Gasteiger partial charge in [0.05, 0.1) is 6.07 Å². The number of esters is 1. The highest BCUT2D eigenvalue weighted by atomic mass is 19.1. The Kier molecular flexibility index (Phi) is 6.02. The van der Waals surface area contributed by atoms with Crippen molar-refractivity contribution >= 4 is 11.9 Å². The van der Waals surface area contributed by atoms with Gasteiger partial charge in [-0.2, -0.15) is 5.26 Å². The molecule has 29 heavy (non-hydrogen) atoms. The van der Waals surface area contributed by atoms with Crippen LogP contribution in [0.3, 0.4) is 0 Å². The molecule has 1 amide bonds. The molecule has 2 aromatic rings. The predicted octanol–water partition coefficient (Wildman–Crippen LogP) is 4.32. The first-order valence-corrected chi connectivity index (χ1v) is 9.62. The third kappa shape index (κ3) is 4.32. The number of rotatable bonds is 5. The second-order valence-electron chi connectivity index (χ2n) is 7.32. The second kappa shape index (κ2) is 8.48. The zero-order chi connectivity index (χ0) is 21.0. The van der Waals surface area contributed by atoms with Crippen molar-refractivity contribution in [2.24, 2.45) is 0 Å². The van der Waals surface area contributed by atoms with E-state index in [1.165, 1.54) is 42.2 Å². The Hall–Kier alpha value is -3.14. The molecule has 1 aromatic carbocycles. The average molecular weight is 398 g/mol. The van der Waals surface area contributed by atoms with E-state index in [1.807, 2.05) is 0 Å². The summed E-state index contributed by atoms with van der Waals surface area (Å²) >= 11 is 0. The van der Waals surface area contributed by atoms with E-state index in [0.29, 0.717) is 24.2 Å². The van der Waals surface area contributed by atoms with Gasteiger partial charge in [-0.3, -0.25) is 4.79 Å². The van der Waals surface area contributed by atoms with E-state index in [0.717, 1.165) is 19.3 Å². The first-order chi connectivity index (χ1) is 13.9. The Morgan fingerprint density at radius 1 is 1.17 bits per heavy atom. The highest BCUT2D eigenvalue weighted by Crippen LogP contribution is 2.33. The van der Waals surface area contributed by atoms with Crippen molar-refractivity contribution in [2.75, 3.05) is 7.05 Å². The summed E-state index contributed by atoms with van der Waals surface area (Å²) in [5.74, 6) is -1.24. The van der Waals surface area contributed by atoms with Crippen LogP contribution >= 0.6 is 0 Å². The molecule has 0 aliphatic heterocycles. The van der Waals surface area contributed by atoms with E-state index < -0.39 is 23.5 Å². The Morgan fingerprint density at radius 2 is 1.83 bits per heavy atom. The highest BCUT2D eigenvalue weighted by molar-refractivity contribution is 5.90. The van der Waals surface area contributed by atoms with Crippen molar-refractivity contribution in [3.8, 4) is 17.4 Å². The molecule has 0 saturated heterocycles. The summed E-state index contributed by atoms with van der Waals surface area (Å²) in [5.41, 5.74) is -0.237. The topological polar surface area (TPSA) is 83.5 Å². The van der Waals surface area contributed by atoms with Gasteiger partial charge in [-0.1, -0.05) is 19.3 Å². The molecular weight excluding hydrogens is 375 g/mol. The molecule has 1 aliphatic rings. The molecule has 1 saturated carbocycles. The number of amides is 1. The standard InChI is InChI=1S/C22H23FN2O4/c1-15(20(26)25(2)22(14-24)12-4-3-5-13-22)28-21(27)19-11-10-18(29-19)16-6-8-17(23)9-7-16/h6-11,15H,3-5,12-13H2,1-2H3/t15-/m1/s1. The first-order valence-electron chi connectivity index (χ1n) is 9.62. The molecule has 1 fully saturated rings. The number of carbonyl (C=O) groups excluding carboxylic acids is 2. The summed E-state index contributed by atoms with van der Waals surface area (Å²) in [6.45, 7) is 1.48. The summed E-state index contributed by atoms with van der Waals surface area (Å²) in [4.78, 5) is 26.6. The quantitative estimate of drug-likeness (QED) is 0.701. The van der Waals surface area contributed by atoms with Gasteiger partial charge in [-0.25, -0.2) is 9.18 Å². The summed E-state index contributed by atoms with van der Waals surface area (Å²) in [6.07, 6.45) is 3.00. The molecule has 6 nitrogen and oxygen atoms in total. The van der Waals surface area contributed by atoms with E-state index in [-0.39, 0.29) is 11.6 Å². The Labute approximate surface area is 168 Å². The van der Waals surface area contributed by atoms with Crippen LogP contribution in [0.1, 0.15) is 49.6 Å². The maximum absolute atomic E-state index is 13.0. The number of nitrogens with zero attached hydrogens (tertiary/aromatic N) is 2. The SMILES string of the molecule is C[C@@H](OC(=O)c1ccc(-c2ccc(F)cc2)o1)C(=O)N(C)C1(C#N)CCCCC1. The molecule has 7 heteroatoms. The van der Waals surface area contributed by atoms with Gasteiger partial charge in [-0.05, 0) is 56.2 Å². The van der Waals surface area contributed by atoms with Gasteiger partial charge >= 0.3 is 5.97 Å². The molecule has 0 spiro atoms. The molecule has 1 aliphatic carbocycles. The van der Waals surface area contributed by atoms with E-state index >= 15 is 0 Å². The van der Waals surface area contributed by atoms with Crippen LogP contribution in [-0.2, 0) is 9.53 Å². The lowest BCUT2D eigenvalue weighted by atomic mass is 9.81. The molecule has 0 N–H and O–H groups in total. The normalized spacial score (nSPS) is 16.5. The molecular formula is C22H23FN2O4. The van der Waals surface area contributed by atoms with Gasteiger partial charge in [0.25, 0.3) is 5.91 Å². The van der Waals surface area contributed by atoms with Crippen LogP contribution < -0.4 is 0 Å². The highest BCUT2D eigenvalue weighted by Gasteiger charge is 2.40. The molecule has 1 atom stereocenters. The number of likely N-dealkylation sites (N-methyl/N-ethyl adjacent to an activating group) is 1. The fourth-order valence-electron chi connectivity index (χ4n) is 3.63. The van der Waals surface area contributed by atoms with Crippen molar-refractivity contribution in [1.82, 2.24) is 4.90 Å². The zero-order valence-corrected chi connectivity index (χ0v) is 16.5. The van der Waals surface area contributed by atoms with Gasteiger partial charge in [0.2, 0.25) is 5.76 Å². The Bertz CT molecular complexity index is 923. The van der Waals surface area contributed by atoms with Gasteiger partial charge in [-0.15, -0.1) is 0 Å². The largest absolute Gasteiger partial charge is 0.449 e. The van der Waals surface area contributed by atoms with Crippen LogP contribution in [0.5, 0.6) is 0 Å². The molecule has 3 rings (SSSR count). The van der Waals surface area contributed by atoms with Crippen molar-refractivity contribution in [1.29, 1.82) is 5.26 Å². The van der Waals surface area contributed by atoms with Crippen LogP contribution in [0, 0.1) is 17.1 Å². The number of ether oxygens (including phenoxy) is 1. The number of carbonyl (C=O) groups is 2. The first kappa shape index (κ1) is 20.6. The molecule has 152 valence electrons. The van der Waals surface area contributed by atoms with E-state index in [4.69, 9.17) is 9.15 Å². The second-order valence-corrected chi connectivity index (χ2v) is 7.32. The van der Waals surface area contributed by atoms with Crippen molar-refractivity contribution in [3.05, 3.63) is 48.0 Å². The number of hydrogen-bond donors (Lipinski definition) is 0. The molecule has 0 radical (unpaired) electrons. The lowest BCUT2D eigenvalue weighted by Crippen LogP contribution is -2.53. The van der Waals surface area contributed by atoms with Crippen molar-refractivity contribution < 1.29 is 23.1 Å². The summed E-state index contributed by atoms with van der Waals surface area (Å²) < 4.78 is 23.8. The average Bonchev–Trinajstić information content (AvgIpc) is 3.24. The Morgan fingerprint density at radius 3 is 2.45 bits per heavy atom. The summed E-state index contributed by atoms with van der Waals surface area (Å²) in [7, 11) is 1.58. The lowest BCUT2D eigenvalue weighted by molar-refractivity contribution is -0.143. The van der Waals surface area contributed by atoms with Gasteiger partial charge in [0.1, 0.15) is 17.1 Å². The van der Waals surface area contributed by atoms with Crippen LogP contribution in [0.4, 0.5) is 4.39 Å². The maximum atomic E-state index is 13.0. The van der Waals surface area contributed by atoms with Gasteiger partial charge in [0, 0.05) is 12.6 Å². The van der Waals surface area contributed by atoms with Crippen molar-refractivity contribution in [3.63, 3.8) is 0 Å². The van der Waals surface area contributed by atoms with Crippen LogP contribution in [0.2, 0.25) is 0 Å². The van der Waals surface area contributed by atoms with E-state index in [2.05, 4.69) is 6.07 Å². The summed E-state index contributed by atoms with van der Waals surface area (Å²) in [6, 6.07) is 11.0. The monoisotopic (exact) mass is 398 g/mol. The van der Waals surface area contributed by atoms with Gasteiger partial charge < -0.3 is 14.1 Å². The smallest absolute Gasteiger partial charge is 0.375 e. The third-order valence-electron chi connectivity index (χ3n) is 5.43. The minimum atomic E-state index is -1.06.